The van der Waals surface area contributed by atoms with Crippen LogP contribution in [0.2, 0.25) is 0 Å². The minimum absolute atomic E-state index is 0.195. The molecule has 8 nitrogen and oxygen atoms in total. The quantitative estimate of drug-likeness (QED) is 0.453. The summed E-state index contributed by atoms with van der Waals surface area (Å²) in [5.74, 6) is 0.394. The van der Waals surface area contributed by atoms with Crippen molar-refractivity contribution < 1.29 is 19.0 Å². The smallest absolute Gasteiger partial charge is 0.414 e. The average molecular weight is 425 g/mol. The summed E-state index contributed by atoms with van der Waals surface area (Å²) in [4.78, 5) is 15.4. The maximum absolute atomic E-state index is 15.0. The minimum Gasteiger partial charge on any atom is -0.441 e. The lowest BCUT2D eigenvalue weighted by molar-refractivity contribution is 0.0963. The summed E-state index contributed by atoms with van der Waals surface area (Å²) in [6.07, 6.45) is -1.18. The second-order valence-corrected chi connectivity index (χ2v) is 7.58. The van der Waals surface area contributed by atoms with E-state index in [1.54, 1.807) is 19.2 Å². The third-order valence-corrected chi connectivity index (χ3v) is 5.53. The third-order valence-electron chi connectivity index (χ3n) is 5.53. The summed E-state index contributed by atoms with van der Waals surface area (Å²) < 4.78 is 20.0. The van der Waals surface area contributed by atoms with Crippen molar-refractivity contribution >= 4 is 24.3 Å². The average Bonchev–Trinajstić information content (AvgIpc) is 3.36. The first-order valence-electron chi connectivity index (χ1n) is 9.91. The van der Waals surface area contributed by atoms with Crippen LogP contribution in [0.25, 0.3) is 11.1 Å². The first-order valence-corrected chi connectivity index (χ1v) is 9.91. The summed E-state index contributed by atoms with van der Waals surface area (Å²) >= 11 is 0. The van der Waals surface area contributed by atoms with E-state index in [4.69, 9.17) is 4.74 Å². The zero-order valence-electron chi connectivity index (χ0n) is 17.5. The summed E-state index contributed by atoms with van der Waals surface area (Å²) in [6.45, 7) is 6.69. The van der Waals surface area contributed by atoms with Gasteiger partial charge in [-0.3, -0.25) is 4.90 Å². The van der Waals surface area contributed by atoms with Gasteiger partial charge in [-0.25, -0.2) is 9.18 Å². The van der Waals surface area contributed by atoms with Crippen molar-refractivity contribution in [2.45, 2.75) is 26.1 Å². The van der Waals surface area contributed by atoms with Crippen LogP contribution < -0.4 is 4.90 Å². The molecule has 162 valence electrons. The van der Waals surface area contributed by atoms with Gasteiger partial charge >= 0.3 is 6.09 Å². The molecule has 1 fully saturated rings. The van der Waals surface area contributed by atoms with Crippen LogP contribution in [0, 0.1) is 5.82 Å². The van der Waals surface area contributed by atoms with Gasteiger partial charge in [0.15, 0.2) is 0 Å². The third kappa shape index (κ3) is 4.09. The molecular formula is C22H24FN5O3. The monoisotopic (exact) mass is 425 g/mol. The molecular weight excluding hydrogens is 401 g/mol. The van der Waals surface area contributed by atoms with Crippen molar-refractivity contribution in [3.63, 3.8) is 0 Å². The number of amidine groups is 1. The topological polar surface area (TPSA) is 81.0 Å². The Morgan fingerprint density at radius 2 is 2.06 bits per heavy atom. The highest BCUT2D eigenvalue weighted by atomic mass is 19.1. The number of nitrogens with zero attached hydrogens (tertiary/aromatic N) is 5. The fourth-order valence-corrected chi connectivity index (χ4v) is 3.83. The predicted octanol–water partition coefficient (Wildman–Crippen LogP) is 3.01. The van der Waals surface area contributed by atoms with E-state index in [-0.39, 0.29) is 13.2 Å². The normalized spacial score (nSPS) is 18.3. The minimum atomic E-state index is -0.594. The summed E-state index contributed by atoms with van der Waals surface area (Å²) in [5, 5.41) is 18.7. The van der Waals surface area contributed by atoms with Crippen molar-refractivity contribution in [2.75, 3.05) is 25.1 Å². The molecule has 2 aromatic carbocycles. The summed E-state index contributed by atoms with van der Waals surface area (Å²) in [7, 11) is 1.72. The molecule has 1 amide bonds. The molecule has 31 heavy (non-hydrogen) atoms. The van der Waals surface area contributed by atoms with Gasteiger partial charge in [0.25, 0.3) is 0 Å². The number of hydrazone groups is 2. The molecule has 0 spiro atoms. The van der Waals surface area contributed by atoms with Crippen LogP contribution in [0.15, 0.2) is 46.6 Å². The number of carbonyl (C=O) groups excluding carboxylic acids is 1. The molecule has 0 unspecified atom stereocenters. The van der Waals surface area contributed by atoms with Crippen molar-refractivity contribution in [3.05, 3.63) is 53.3 Å². The number of ether oxygens (including phenoxy) is 1. The van der Waals surface area contributed by atoms with E-state index in [9.17, 15) is 14.3 Å². The number of aliphatic hydroxyl groups excluding tert-OH is 1. The number of hydrogen-bond acceptors (Lipinski definition) is 6. The molecule has 0 saturated carbocycles. The van der Waals surface area contributed by atoms with Crippen LogP contribution in [0.5, 0.6) is 0 Å². The summed E-state index contributed by atoms with van der Waals surface area (Å²) in [6, 6.07) is 10.6. The number of amides is 1. The molecule has 2 aromatic rings. The number of rotatable bonds is 5. The zero-order chi connectivity index (χ0) is 22.1. The van der Waals surface area contributed by atoms with Gasteiger partial charge in [-0.05, 0) is 47.9 Å². The second-order valence-electron chi connectivity index (χ2n) is 7.58. The molecule has 4 rings (SSSR count). The van der Waals surface area contributed by atoms with E-state index in [1.165, 1.54) is 21.6 Å². The summed E-state index contributed by atoms with van der Waals surface area (Å²) in [5.41, 5.74) is 3.90. The molecule has 0 aliphatic carbocycles. The molecule has 2 heterocycles. The molecule has 0 bridgehead atoms. The van der Waals surface area contributed by atoms with Crippen LogP contribution in [0.4, 0.5) is 14.9 Å². The molecule has 0 aromatic heterocycles. The first-order chi connectivity index (χ1) is 14.9. The van der Waals surface area contributed by atoms with E-state index >= 15 is 0 Å². The maximum Gasteiger partial charge on any atom is 0.414 e. The van der Waals surface area contributed by atoms with Crippen molar-refractivity contribution in [1.29, 1.82) is 0 Å². The lowest BCUT2D eigenvalue weighted by Crippen LogP contribution is -2.25. The molecule has 1 N–H and O–H groups in total. The Balaban J connectivity index is 1.55. The van der Waals surface area contributed by atoms with Crippen molar-refractivity contribution in [2.24, 2.45) is 10.2 Å². The van der Waals surface area contributed by atoms with E-state index in [1.807, 2.05) is 25.1 Å². The largest absolute Gasteiger partial charge is 0.441 e. The highest BCUT2D eigenvalue weighted by molar-refractivity contribution is 5.90. The lowest BCUT2D eigenvalue weighted by atomic mass is 10.00. The molecule has 1 saturated heterocycles. The van der Waals surface area contributed by atoms with E-state index in [0.717, 1.165) is 23.5 Å². The molecule has 2 aliphatic rings. The SMILES string of the molecule is C=NN(C)/N=C(\C)N1Cc2ccc(-c3ccc(N4C[C@H](CO)OC4=O)cc3F)cc2C1. The Labute approximate surface area is 179 Å². The molecule has 9 heteroatoms. The van der Waals surface area contributed by atoms with E-state index < -0.39 is 18.0 Å². The zero-order valence-corrected chi connectivity index (χ0v) is 17.5. The number of carbonyl (C=O) groups is 1. The number of benzene rings is 2. The van der Waals surface area contributed by atoms with Gasteiger partial charge in [0.1, 0.15) is 17.8 Å². The number of halogens is 1. The molecule has 2 aliphatic heterocycles. The van der Waals surface area contributed by atoms with Crippen LogP contribution in [-0.2, 0) is 17.8 Å². The van der Waals surface area contributed by atoms with Gasteiger partial charge in [-0.1, -0.05) is 12.1 Å². The van der Waals surface area contributed by atoms with Crippen molar-refractivity contribution in [3.8, 4) is 11.1 Å². The Bertz CT molecular complexity index is 1060. The molecule has 0 radical (unpaired) electrons. The van der Waals surface area contributed by atoms with Gasteiger partial charge in [0.2, 0.25) is 0 Å². The number of hydrogen-bond donors (Lipinski definition) is 1. The predicted molar refractivity (Wildman–Crippen MR) is 116 cm³/mol. The fourth-order valence-electron chi connectivity index (χ4n) is 3.83. The highest BCUT2D eigenvalue weighted by Crippen LogP contribution is 2.32. The van der Waals surface area contributed by atoms with Gasteiger partial charge in [0, 0.05) is 32.4 Å². The first kappa shape index (κ1) is 20.8. The number of anilines is 1. The Morgan fingerprint density at radius 1 is 1.29 bits per heavy atom. The standard InChI is InChI=1S/C22H24FN5O3/c1-14(25-26(3)24-2)27-10-16-5-4-15(8-17(16)11-27)20-7-6-18(9-21(20)23)28-12-19(13-29)31-22(28)30/h4-9,19,29H,2,10-13H2,1,3H3/b25-14+/t19-/m1/s1. The second kappa shape index (κ2) is 8.35. The lowest BCUT2D eigenvalue weighted by Gasteiger charge is -2.18. The van der Waals surface area contributed by atoms with Crippen molar-refractivity contribution in [1.82, 2.24) is 10.0 Å². The van der Waals surface area contributed by atoms with Crippen LogP contribution >= 0.6 is 0 Å². The Hall–Kier alpha value is -3.46. The number of cyclic esters (lactones) is 1. The van der Waals surface area contributed by atoms with Gasteiger partial charge in [-0.2, -0.15) is 10.2 Å². The van der Waals surface area contributed by atoms with Gasteiger partial charge in [0.05, 0.1) is 18.8 Å². The van der Waals surface area contributed by atoms with Crippen LogP contribution in [0.3, 0.4) is 0 Å². The van der Waals surface area contributed by atoms with Gasteiger partial charge in [-0.15, -0.1) is 5.10 Å². The number of aliphatic hydroxyl groups is 1. The number of fused-ring (bicyclic) bond motifs is 1. The van der Waals surface area contributed by atoms with Gasteiger partial charge < -0.3 is 14.7 Å². The fraction of sp³-hybridized carbons (Fsp3) is 0.318. The van der Waals surface area contributed by atoms with E-state index in [2.05, 4.69) is 21.8 Å². The molecule has 1 atom stereocenters. The highest BCUT2D eigenvalue weighted by Gasteiger charge is 2.32. The van der Waals surface area contributed by atoms with E-state index in [0.29, 0.717) is 17.8 Å². The van der Waals surface area contributed by atoms with Crippen LogP contribution in [0.1, 0.15) is 18.1 Å². The van der Waals surface area contributed by atoms with Crippen LogP contribution in [-0.4, -0.2) is 60.1 Å². The Kier molecular flexibility index (Phi) is 5.60. The maximum atomic E-state index is 15.0. The Morgan fingerprint density at radius 3 is 2.74 bits per heavy atom.